The molecule has 0 bridgehead atoms. The molecule has 0 aliphatic carbocycles. The topological polar surface area (TPSA) is 41.6 Å². The minimum Gasteiger partial charge on any atom is -0.465 e. The van der Waals surface area contributed by atoms with Crippen LogP contribution in [0.3, 0.4) is 0 Å². The van der Waals surface area contributed by atoms with Crippen molar-refractivity contribution in [1.82, 2.24) is 10.2 Å². The normalized spacial score (nSPS) is 21.4. The van der Waals surface area contributed by atoms with Gasteiger partial charge < -0.3 is 10.1 Å². The van der Waals surface area contributed by atoms with Gasteiger partial charge in [0.2, 0.25) is 0 Å². The number of ether oxygens (including phenoxy) is 1. The van der Waals surface area contributed by atoms with Gasteiger partial charge in [-0.1, -0.05) is 12.1 Å². The van der Waals surface area contributed by atoms with Crippen LogP contribution < -0.4 is 5.32 Å². The summed E-state index contributed by atoms with van der Waals surface area (Å²) in [5.41, 5.74) is 0.876. The van der Waals surface area contributed by atoms with Crippen molar-refractivity contribution in [3.05, 3.63) is 35.6 Å². The van der Waals surface area contributed by atoms with E-state index in [0.29, 0.717) is 13.2 Å². The van der Waals surface area contributed by atoms with E-state index in [1.807, 2.05) is 13.0 Å². The highest BCUT2D eigenvalue weighted by atomic mass is 19.1. The first-order chi connectivity index (χ1) is 9.63. The first kappa shape index (κ1) is 14.9. The SMILES string of the molecule is CCOC(=O)C1CNCCN1C(C)c1cccc(F)c1. The number of esters is 1. The summed E-state index contributed by atoms with van der Waals surface area (Å²) < 4.78 is 18.5. The van der Waals surface area contributed by atoms with Gasteiger partial charge in [0.05, 0.1) is 6.61 Å². The lowest BCUT2D eigenvalue weighted by atomic mass is 10.0. The Kier molecular flexibility index (Phi) is 5.09. The molecular formula is C15H21FN2O2. The van der Waals surface area contributed by atoms with Crippen LogP contribution in [-0.2, 0) is 9.53 Å². The Labute approximate surface area is 118 Å². The van der Waals surface area contributed by atoms with Gasteiger partial charge in [0.25, 0.3) is 0 Å². The molecule has 2 rings (SSSR count). The molecule has 1 aliphatic heterocycles. The Morgan fingerprint density at radius 1 is 1.60 bits per heavy atom. The summed E-state index contributed by atoms with van der Waals surface area (Å²) in [6.07, 6.45) is 0. The molecule has 4 nitrogen and oxygen atoms in total. The van der Waals surface area contributed by atoms with Crippen molar-refractivity contribution in [3.8, 4) is 0 Å². The van der Waals surface area contributed by atoms with Crippen LogP contribution in [0.15, 0.2) is 24.3 Å². The zero-order chi connectivity index (χ0) is 14.5. The van der Waals surface area contributed by atoms with Crippen molar-refractivity contribution >= 4 is 5.97 Å². The Bertz CT molecular complexity index is 467. The number of carbonyl (C=O) groups is 1. The summed E-state index contributed by atoms with van der Waals surface area (Å²) in [6, 6.07) is 6.19. The molecule has 0 aromatic heterocycles. The minimum atomic E-state index is -0.318. The van der Waals surface area contributed by atoms with Crippen molar-refractivity contribution in [2.75, 3.05) is 26.2 Å². The van der Waals surface area contributed by atoms with Crippen LogP contribution in [-0.4, -0.2) is 43.2 Å². The predicted octanol–water partition coefficient (Wildman–Crippen LogP) is 1.72. The van der Waals surface area contributed by atoms with Gasteiger partial charge in [-0.2, -0.15) is 0 Å². The molecule has 1 aliphatic rings. The molecule has 1 aromatic carbocycles. The van der Waals surface area contributed by atoms with Gasteiger partial charge in [-0.3, -0.25) is 9.69 Å². The fraction of sp³-hybridized carbons (Fsp3) is 0.533. The van der Waals surface area contributed by atoms with Crippen molar-refractivity contribution in [2.24, 2.45) is 0 Å². The molecule has 5 heteroatoms. The van der Waals surface area contributed by atoms with Crippen LogP contribution in [0.4, 0.5) is 4.39 Å². The molecule has 1 saturated heterocycles. The number of carbonyl (C=O) groups excluding carboxylic acids is 1. The number of benzene rings is 1. The number of nitrogens with zero attached hydrogens (tertiary/aromatic N) is 1. The molecule has 2 unspecified atom stereocenters. The molecule has 1 fully saturated rings. The van der Waals surface area contributed by atoms with E-state index in [1.54, 1.807) is 13.0 Å². The van der Waals surface area contributed by atoms with E-state index in [4.69, 9.17) is 4.74 Å². The molecule has 0 amide bonds. The highest BCUT2D eigenvalue weighted by Gasteiger charge is 2.33. The van der Waals surface area contributed by atoms with E-state index < -0.39 is 0 Å². The van der Waals surface area contributed by atoms with Gasteiger partial charge >= 0.3 is 5.97 Å². The maximum atomic E-state index is 13.3. The van der Waals surface area contributed by atoms with Crippen LogP contribution in [0.1, 0.15) is 25.5 Å². The van der Waals surface area contributed by atoms with E-state index in [-0.39, 0.29) is 23.9 Å². The first-order valence-corrected chi connectivity index (χ1v) is 7.02. The van der Waals surface area contributed by atoms with E-state index >= 15 is 0 Å². The van der Waals surface area contributed by atoms with Gasteiger partial charge in [-0.05, 0) is 31.5 Å². The van der Waals surface area contributed by atoms with Gasteiger partial charge in [-0.15, -0.1) is 0 Å². The summed E-state index contributed by atoms with van der Waals surface area (Å²) in [5.74, 6) is -0.472. The third-order valence-corrected chi connectivity index (χ3v) is 3.67. The van der Waals surface area contributed by atoms with Gasteiger partial charge in [0.15, 0.2) is 0 Å². The maximum Gasteiger partial charge on any atom is 0.324 e. The lowest BCUT2D eigenvalue weighted by Crippen LogP contribution is -2.55. The van der Waals surface area contributed by atoms with Crippen molar-refractivity contribution in [3.63, 3.8) is 0 Å². The van der Waals surface area contributed by atoms with Crippen LogP contribution in [0.5, 0.6) is 0 Å². The van der Waals surface area contributed by atoms with Crippen molar-refractivity contribution < 1.29 is 13.9 Å². The standard InChI is InChI=1S/C15H21FN2O2/c1-3-20-15(19)14-10-17-7-8-18(14)11(2)12-5-4-6-13(16)9-12/h4-6,9,11,14,17H,3,7-8,10H2,1-2H3. The maximum absolute atomic E-state index is 13.3. The number of rotatable bonds is 4. The summed E-state index contributed by atoms with van der Waals surface area (Å²) in [4.78, 5) is 14.1. The third-order valence-electron chi connectivity index (χ3n) is 3.67. The molecule has 110 valence electrons. The summed E-state index contributed by atoms with van der Waals surface area (Å²) in [7, 11) is 0. The molecule has 0 spiro atoms. The predicted molar refractivity (Wildman–Crippen MR) is 74.8 cm³/mol. The van der Waals surface area contributed by atoms with Crippen LogP contribution >= 0.6 is 0 Å². The van der Waals surface area contributed by atoms with Crippen molar-refractivity contribution in [1.29, 1.82) is 0 Å². The van der Waals surface area contributed by atoms with Gasteiger partial charge in [0.1, 0.15) is 11.9 Å². The smallest absolute Gasteiger partial charge is 0.324 e. The van der Waals surface area contributed by atoms with Crippen molar-refractivity contribution in [2.45, 2.75) is 25.9 Å². The highest BCUT2D eigenvalue weighted by molar-refractivity contribution is 5.76. The summed E-state index contributed by atoms with van der Waals surface area (Å²) in [5, 5.41) is 3.21. The molecule has 0 radical (unpaired) electrons. The fourth-order valence-electron chi connectivity index (χ4n) is 2.60. The van der Waals surface area contributed by atoms with Crippen LogP contribution in [0, 0.1) is 5.82 Å². The second-order valence-electron chi connectivity index (χ2n) is 4.94. The molecule has 20 heavy (non-hydrogen) atoms. The highest BCUT2D eigenvalue weighted by Crippen LogP contribution is 2.24. The Balaban J connectivity index is 2.16. The number of halogens is 1. The van der Waals surface area contributed by atoms with Crippen LogP contribution in [0.25, 0.3) is 0 Å². The second-order valence-corrected chi connectivity index (χ2v) is 4.94. The number of nitrogens with one attached hydrogen (secondary N) is 1. The van der Waals surface area contributed by atoms with E-state index in [2.05, 4.69) is 10.2 Å². The largest absolute Gasteiger partial charge is 0.465 e. The summed E-state index contributed by atoms with van der Waals surface area (Å²) in [6.45, 7) is 6.29. The number of hydrogen-bond donors (Lipinski definition) is 1. The molecule has 1 aromatic rings. The quantitative estimate of drug-likeness (QED) is 0.853. The van der Waals surface area contributed by atoms with E-state index in [9.17, 15) is 9.18 Å². The average Bonchev–Trinajstić information content (AvgIpc) is 2.47. The fourth-order valence-corrected chi connectivity index (χ4v) is 2.60. The summed E-state index contributed by atoms with van der Waals surface area (Å²) >= 11 is 0. The number of piperazine rings is 1. The Morgan fingerprint density at radius 3 is 3.10 bits per heavy atom. The molecular weight excluding hydrogens is 259 g/mol. The molecule has 1 N–H and O–H groups in total. The Hall–Kier alpha value is -1.46. The monoisotopic (exact) mass is 280 g/mol. The van der Waals surface area contributed by atoms with Gasteiger partial charge in [-0.25, -0.2) is 4.39 Å². The van der Waals surface area contributed by atoms with E-state index in [1.165, 1.54) is 12.1 Å². The lowest BCUT2D eigenvalue weighted by Gasteiger charge is -2.38. The lowest BCUT2D eigenvalue weighted by molar-refractivity contribution is -0.151. The molecule has 0 saturated carbocycles. The zero-order valence-electron chi connectivity index (χ0n) is 11.9. The van der Waals surface area contributed by atoms with E-state index in [0.717, 1.165) is 18.7 Å². The molecule has 1 heterocycles. The zero-order valence-corrected chi connectivity index (χ0v) is 11.9. The van der Waals surface area contributed by atoms with Crippen LogP contribution in [0.2, 0.25) is 0 Å². The second kappa shape index (κ2) is 6.81. The molecule has 2 atom stereocenters. The van der Waals surface area contributed by atoms with Gasteiger partial charge in [0, 0.05) is 25.7 Å². The number of hydrogen-bond acceptors (Lipinski definition) is 4. The average molecular weight is 280 g/mol. The minimum absolute atomic E-state index is 0.0257. The third kappa shape index (κ3) is 3.35. The Morgan fingerprint density at radius 2 is 2.40 bits per heavy atom. The first-order valence-electron chi connectivity index (χ1n) is 7.02.